The maximum atomic E-state index is 11.2. The second-order valence-electron chi connectivity index (χ2n) is 5.07. The van der Waals surface area contributed by atoms with Crippen LogP contribution in [0.1, 0.15) is 25.2 Å². The molecule has 1 saturated heterocycles. The average Bonchev–Trinajstić information content (AvgIpc) is 2.89. The van der Waals surface area contributed by atoms with Gasteiger partial charge in [-0.15, -0.1) is 5.10 Å². The summed E-state index contributed by atoms with van der Waals surface area (Å²) in [6, 6.07) is 0.526. The molecule has 1 spiro atoms. The van der Waals surface area contributed by atoms with E-state index in [1.807, 2.05) is 4.90 Å². The van der Waals surface area contributed by atoms with Gasteiger partial charge in [-0.3, -0.25) is 4.79 Å². The van der Waals surface area contributed by atoms with Crippen LogP contribution in [0.2, 0.25) is 0 Å². The van der Waals surface area contributed by atoms with E-state index in [9.17, 15) is 9.90 Å². The third-order valence-electron chi connectivity index (χ3n) is 3.91. The van der Waals surface area contributed by atoms with Gasteiger partial charge < -0.3 is 14.4 Å². The van der Waals surface area contributed by atoms with Gasteiger partial charge in [-0.1, -0.05) is 5.10 Å². The number of piperidine rings is 1. The molecule has 1 N–H and O–H groups in total. The highest BCUT2D eigenvalue weighted by Crippen LogP contribution is 2.56. The Morgan fingerprint density at radius 2 is 2.29 bits per heavy atom. The van der Waals surface area contributed by atoms with E-state index >= 15 is 0 Å². The van der Waals surface area contributed by atoms with E-state index < -0.39 is 5.97 Å². The molecular formula is C11H15N3O3. The molecule has 2 fully saturated rings. The maximum absolute atomic E-state index is 11.2. The van der Waals surface area contributed by atoms with Crippen LogP contribution < -0.4 is 4.90 Å². The van der Waals surface area contributed by atoms with Crippen molar-refractivity contribution in [1.29, 1.82) is 0 Å². The van der Waals surface area contributed by atoms with Gasteiger partial charge in [-0.2, -0.15) is 0 Å². The van der Waals surface area contributed by atoms with Gasteiger partial charge in [0, 0.05) is 25.4 Å². The quantitative estimate of drug-likeness (QED) is 0.828. The lowest BCUT2D eigenvalue weighted by Crippen LogP contribution is -2.44. The summed E-state index contributed by atoms with van der Waals surface area (Å²) in [6.07, 6.45) is 2.65. The zero-order valence-corrected chi connectivity index (χ0v) is 9.72. The predicted octanol–water partition coefficient (Wildman–Crippen LogP) is 1.07. The lowest BCUT2D eigenvalue weighted by molar-refractivity contribution is -0.145. The molecular weight excluding hydrogens is 222 g/mol. The van der Waals surface area contributed by atoms with Gasteiger partial charge >= 0.3 is 12.0 Å². The summed E-state index contributed by atoms with van der Waals surface area (Å²) < 4.78 is 5.40. The topological polar surface area (TPSA) is 79.5 Å². The van der Waals surface area contributed by atoms with Crippen molar-refractivity contribution in [3.8, 4) is 0 Å². The Labute approximate surface area is 98.6 Å². The number of aromatic nitrogens is 2. The number of hydrogen-bond donors (Lipinski definition) is 1. The molecule has 1 unspecified atom stereocenters. The predicted molar refractivity (Wildman–Crippen MR) is 58.7 cm³/mol. The van der Waals surface area contributed by atoms with Crippen molar-refractivity contribution in [3.05, 3.63) is 5.89 Å². The lowest BCUT2D eigenvalue weighted by atomic mass is 9.82. The van der Waals surface area contributed by atoms with E-state index in [2.05, 4.69) is 10.2 Å². The normalized spacial score (nSPS) is 26.2. The number of carboxylic acids is 1. The van der Waals surface area contributed by atoms with Crippen LogP contribution in [0.4, 0.5) is 6.01 Å². The molecule has 0 aromatic carbocycles. The molecule has 92 valence electrons. The van der Waals surface area contributed by atoms with Gasteiger partial charge in [0.1, 0.15) is 0 Å². The third-order valence-corrected chi connectivity index (χ3v) is 3.91. The molecule has 1 atom stereocenters. The Morgan fingerprint density at radius 1 is 1.53 bits per heavy atom. The van der Waals surface area contributed by atoms with Crippen LogP contribution in [0.15, 0.2) is 4.42 Å². The van der Waals surface area contributed by atoms with E-state index in [1.165, 1.54) is 0 Å². The van der Waals surface area contributed by atoms with Crippen molar-refractivity contribution in [1.82, 2.24) is 10.2 Å². The molecule has 2 aliphatic rings. The molecule has 1 aromatic rings. The number of carbonyl (C=O) groups is 1. The number of nitrogens with zero attached hydrogens (tertiary/aromatic N) is 3. The van der Waals surface area contributed by atoms with Crippen LogP contribution in [0, 0.1) is 18.3 Å². The average molecular weight is 237 g/mol. The molecule has 0 radical (unpaired) electrons. The first-order valence-corrected chi connectivity index (χ1v) is 5.89. The van der Waals surface area contributed by atoms with E-state index in [1.54, 1.807) is 6.92 Å². The standard InChI is InChI=1S/C11H15N3O3/c1-7-12-13-10(17-7)14-5-2-8(9(15)16)11(6-14)3-4-11/h8H,2-6H2,1H3,(H,15,16). The number of anilines is 1. The second kappa shape index (κ2) is 3.45. The van der Waals surface area contributed by atoms with Crippen molar-refractivity contribution >= 4 is 12.0 Å². The van der Waals surface area contributed by atoms with Gasteiger partial charge in [0.05, 0.1) is 5.92 Å². The fraction of sp³-hybridized carbons (Fsp3) is 0.727. The molecule has 2 heterocycles. The Kier molecular flexibility index (Phi) is 2.14. The smallest absolute Gasteiger partial charge is 0.318 e. The second-order valence-corrected chi connectivity index (χ2v) is 5.07. The molecule has 1 aliphatic carbocycles. The Morgan fingerprint density at radius 3 is 2.82 bits per heavy atom. The molecule has 1 saturated carbocycles. The van der Waals surface area contributed by atoms with Crippen LogP contribution in [0.3, 0.4) is 0 Å². The van der Waals surface area contributed by atoms with Crippen LogP contribution in [-0.2, 0) is 4.79 Å². The van der Waals surface area contributed by atoms with E-state index in [4.69, 9.17) is 4.42 Å². The summed E-state index contributed by atoms with van der Waals surface area (Å²) >= 11 is 0. The number of carboxylic acid groups (broad SMARTS) is 1. The minimum absolute atomic E-state index is 0.0491. The van der Waals surface area contributed by atoms with Gasteiger partial charge in [-0.05, 0) is 19.3 Å². The highest BCUT2D eigenvalue weighted by Gasteiger charge is 2.55. The number of aliphatic carboxylic acids is 1. The zero-order chi connectivity index (χ0) is 12.0. The minimum Gasteiger partial charge on any atom is -0.481 e. The first-order chi connectivity index (χ1) is 8.11. The van der Waals surface area contributed by atoms with Crippen LogP contribution in [0.5, 0.6) is 0 Å². The van der Waals surface area contributed by atoms with Crippen molar-refractivity contribution in [2.75, 3.05) is 18.0 Å². The molecule has 1 aromatic heterocycles. The number of aryl methyl sites for hydroxylation is 1. The monoisotopic (exact) mass is 237 g/mol. The van der Waals surface area contributed by atoms with Crippen molar-refractivity contribution in [2.24, 2.45) is 11.3 Å². The highest BCUT2D eigenvalue weighted by molar-refractivity contribution is 5.72. The number of rotatable bonds is 2. The van der Waals surface area contributed by atoms with Crippen LogP contribution in [0.25, 0.3) is 0 Å². The fourth-order valence-electron chi connectivity index (χ4n) is 2.79. The first kappa shape index (κ1) is 10.6. The summed E-state index contributed by atoms with van der Waals surface area (Å²) in [5.41, 5.74) is -0.0491. The zero-order valence-electron chi connectivity index (χ0n) is 9.72. The number of hydrogen-bond acceptors (Lipinski definition) is 5. The van der Waals surface area contributed by atoms with Crippen molar-refractivity contribution in [3.63, 3.8) is 0 Å². The summed E-state index contributed by atoms with van der Waals surface area (Å²) in [7, 11) is 0. The van der Waals surface area contributed by atoms with Crippen molar-refractivity contribution < 1.29 is 14.3 Å². The molecule has 0 amide bonds. The summed E-state index contributed by atoms with van der Waals surface area (Å²) in [6.45, 7) is 3.17. The lowest BCUT2D eigenvalue weighted by Gasteiger charge is -2.35. The molecule has 6 heteroatoms. The fourth-order valence-corrected chi connectivity index (χ4v) is 2.79. The first-order valence-electron chi connectivity index (χ1n) is 5.89. The SMILES string of the molecule is Cc1nnc(N2CCC(C(=O)O)C3(CC3)C2)o1. The van der Waals surface area contributed by atoms with Gasteiger partial charge in [0.25, 0.3) is 0 Å². The van der Waals surface area contributed by atoms with Gasteiger partial charge in [0.2, 0.25) is 5.89 Å². The largest absolute Gasteiger partial charge is 0.481 e. The molecule has 0 bridgehead atoms. The van der Waals surface area contributed by atoms with Crippen molar-refractivity contribution in [2.45, 2.75) is 26.2 Å². The highest BCUT2D eigenvalue weighted by atomic mass is 16.4. The van der Waals surface area contributed by atoms with Crippen LogP contribution in [-0.4, -0.2) is 34.4 Å². The van der Waals surface area contributed by atoms with E-state index in [0.29, 0.717) is 24.9 Å². The summed E-state index contributed by atoms with van der Waals surface area (Å²) in [5.74, 6) is -0.322. The molecule has 17 heavy (non-hydrogen) atoms. The summed E-state index contributed by atoms with van der Waals surface area (Å²) in [4.78, 5) is 13.2. The third kappa shape index (κ3) is 1.67. The van der Waals surface area contributed by atoms with Crippen LogP contribution >= 0.6 is 0 Å². The maximum Gasteiger partial charge on any atom is 0.318 e. The Hall–Kier alpha value is -1.59. The Bertz CT molecular complexity index is 453. The van der Waals surface area contributed by atoms with Gasteiger partial charge in [0.15, 0.2) is 0 Å². The van der Waals surface area contributed by atoms with Gasteiger partial charge in [-0.25, -0.2) is 0 Å². The van der Waals surface area contributed by atoms with E-state index in [-0.39, 0.29) is 11.3 Å². The minimum atomic E-state index is -0.663. The Balaban J connectivity index is 1.78. The molecule has 1 aliphatic heterocycles. The van der Waals surface area contributed by atoms with E-state index in [0.717, 1.165) is 19.4 Å². The summed E-state index contributed by atoms with van der Waals surface area (Å²) in [5, 5.41) is 17.0. The molecule has 6 nitrogen and oxygen atoms in total. The molecule has 3 rings (SSSR count).